The fourth-order valence-corrected chi connectivity index (χ4v) is 4.67. The van der Waals surface area contributed by atoms with Crippen LogP contribution in [0.5, 0.6) is 0 Å². The van der Waals surface area contributed by atoms with Crippen molar-refractivity contribution in [3.8, 4) is 11.3 Å². The molecule has 0 bridgehead atoms. The first kappa shape index (κ1) is 19.9. The van der Waals surface area contributed by atoms with Crippen molar-refractivity contribution in [3.05, 3.63) is 30.1 Å². The zero-order valence-electron chi connectivity index (χ0n) is 17.1. The van der Waals surface area contributed by atoms with Gasteiger partial charge >= 0.3 is 12.2 Å². The van der Waals surface area contributed by atoms with Crippen LogP contribution in [0.2, 0.25) is 0 Å². The maximum atomic E-state index is 12.8. The largest absolute Gasteiger partial charge is 0.401 e. The average molecular weight is 433 g/mol. The van der Waals surface area contributed by atoms with E-state index in [2.05, 4.69) is 20.6 Å². The van der Waals surface area contributed by atoms with Crippen molar-refractivity contribution in [2.75, 3.05) is 25.0 Å². The molecule has 3 aromatic rings. The molecule has 0 saturated carbocycles. The van der Waals surface area contributed by atoms with Crippen LogP contribution < -0.4 is 5.32 Å². The molecular formula is C20H22F3N7O. The Kier molecular flexibility index (Phi) is 4.47. The number of alkyl halides is 3. The fourth-order valence-electron chi connectivity index (χ4n) is 4.67. The van der Waals surface area contributed by atoms with E-state index in [0.29, 0.717) is 18.8 Å². The predicted octanol–water partition coefficient (Wildman–Crippen LogP) is 3.19. The first-order chi connectivity index (χ1) is 14.7. The molecule has 1 aromatic carbocycles. The molecule has 4 heterocycles. The maximum absolute atomic E-state index is 12.8. The van der Waals surface area contributed by atoms with Crippen LogP contribution in [-0.4, -0.2) is 67.7 Å². The van der Waals surface area contributed by atoms with E-state index in [1.165, 1.54) is 4.90 Å². The summed E-state index contributed by atoms with van der Waals surface area (Å²) in [5.74, 6) is -0.0572. The zero-order chi connectivity index (χ0) is 21.9. The van der Waals surface area contributed by atoms with Gasteiger partial charge in [0.05, 0.1) is 24.3 Å². The van der Waals surface area contributed by atoms with E-state index in [1.807, 2.05) is 32.3 Å². The van der Waals surface area contributed by atoms with Gasteiger partial charge in [0.25, 0.3) is 0 Å². The second kappa shape index (κ2) is 6.98. The number of H-pyrrole nitrogens is 1. The van der Waals surface area contributed by atoms with Crippen molar-refractivity contribution in [2.45, 2.75) is 25.7 Å². The molecule has 1 saturated heterocycles. The molecule has 11 heteroatoms. The molecule has 2 N–H and O–H groups in total. The molecule has 2 atom stereocenters. The third kappa shape index (κ3) is 3.62. The number of aryl methyl sites for hydroxylation is 1. The monoisotopic (exact) mass is 433 g/mol. The highest BCUT2D eigenvalue weighted by atomic mass is 19.4. The van der Waals surface area contributed by atoms with Gasteiger partial charge in [-0.3, -0.25) is 14.7 Å². The van der Waals surface area contributed by atoms with Gasteiger partial charge in [0.15, 0.2) is 0 Å². The number of amides is 2. The number of anilines is 1. The summed E-state index contributed by atoms with van der Waals surface area (Å²) in [7, 11) is 1.83. The minimum absolute atomic E-state index is 0.0572. The number of nitrogens with one attached hydrogen (secondary N) is 2. The van der Waals surface area contributed by atoms with Crippen molar-refractivity contribution in [3.63, 3.8) is 0 Å². The van der Waals surface area contributed by atoms with Crippen LogP contribution in [0.3, 0.4) is 0 Å². The van der Waals surface area contributed by atoms with Crippen molar-refractivity contribution in [2.24, 2.45) is 13.0 Å². The summed E-state index contributed by atoms with van der Waals surface area (Å²) in [5.41, 5.74) is 4.02. The van der Waals surface area contributed by atoms with E-state index in [1.54, 1.807) is 15.8 Å². The molecule has 1 fully saturated rings. The normalized spacial score (nSPS) is 22.2. The van der Waals surface area contributed by atoms with Gasteiger partial charge in [-0.2, -0.15) is 23.4 Å². The second-order valence-electron chi connectivity index (χ2n) is 8.44. The summed E-state index contributed by atoms with van der Waals surface area (Å²) >= 11 is 0. The van der Waals surface area contributed by atoms with E-state index in [-0.39, 0.29) is 24.5 Å². The minimum Gasteiger partial charge on any atom is -0.316 e. The highest BCUT2D eigenvalue weighted by molar-refractivity contribution is 6.00. The van der Waals surface area contributed by atoms with E-state index < -0.39 is 12.7 Å². The smallest absolute Gasteiger partial charge is 0.316 e. The molecule has 8 nitrogen and oxygen atoms in total. The summed E-state index contributed by atoms with van der Waals surface area (Å²) < 4.78 is 40.2. The molecule has 2 aliphatic rings. The molecule has 2 unspecified atom stereocenters. The van der Waals surface area contributed by atoms with Gasteiger partial charge in [0.2, 0.25) is 0 Å². The number of nitrogens with zero attached hydrogens (tertiary/aromatic N) is 5. The summed E-state index contributed by atoms with van der Waals surface area (Å²) in [6.07, 6.45) is -0.641. The Morgan fingerprint density at radius 2 is 2.06 bits per heavy atom. The first-order valence-electron chi connectivity index (χ1n) is 10.0. The highest BCUT2D eigenvalue weighted by Gasteiger charge is 2.42. The van der Waals surface area contributed by atoms with Gasteiger partial charge in [-0.05, 0) is 23.6 Å². The van der Waals surface area contributed by atoms with Crippen molar-refractivity contribution < 1.29 is 18.0 Å². The topological polar surface area (TPSA) is 82.1 Å². The molecule has 2 aromatic heterocycles. The fraction of sp³-hybridized carbons (Fsp3) is 0.450. The van der Waals surface area contributed by atoms with Crippen LogP contribution in [-0.2, 0) is 13.6 Å². The van der Waals surface area contributed by atoms with E-state index in [4.69, 9.17) is 0 Å². The standard InChI is InChI=1S/C20H22F3N7O/c1-11-6-29(10-20(21,22)23)9-17(11)30-8-12-3-14-16(4-15(12)25-19(30)31)26-27-18(14)13-5-24-28(2)7-13/h3-5,7,11,17H,6,8-10H2,1-2H3,(H,25,31)(H,26,27). The Hall–Kier alpha value is -3.08. The Morgan fingerprint density at radius 1 is 1.26 bits per heavy atom. The van der Waals surface area contributed by atoms with Gasteiger partial charge in [0, 0.05) is 49.5 Å². The minimum atomic E-state index is -4.25. The number of likely N-dealkylation sites (tertiary alicyclic amines) is 1. The molecule has 164 valence electrons. The molecule has 2 aliphatic heterocycles. The van der Waals surface area contributed by atoms with Crippen molar-refractivity contribution in [1.29, 1.82) is 0 Å². The molecule has 0 aliphatic carbocycles. The summed E-state index contributed by atoms with van der Waals surface area (Å²) in [4.78, 5) is 15.8. The molecule has 0 radical (unpaired) electrons. The quantitative estimate of drug-likeness (QED) is 0.665. The molecule has 31 heavy (non-hydrogen) atoms. The third-order valence-electron chi connectivity index (χ3n) is 6.06. The number of benzene rings is 1. The molecular weight excluding hydrogens is 411 g/mol. The van der Waals surface area contributed by atoms with E-state index in [9.17, 15) is 18.0 Å². The molecule has 2 amide bonds. The lowest BCUT2D eigenvalue weighted by Gasteiger charge is -2.35. The lowest BCUT2D eigenvalue weighted by Crippen LogP contribution is -2.48. The number of hydrogen-bond donors (Lipinski definition) is 2. The van der Waals surface area contributed by atoms with E-state index >= 15 is 0 Å². The average Bonchev–Trinajstić information content (AvgIpc) is 3.36. The van der Waals surface area contributed by atoms with Crippen LogP contribution in [0.25, 0.3) is 22.2 Å². The predicted molar refractivity (Wildman–Crippen MR) is 108 cm³/mol. The summed E-state index contributed by atoms with van der Waals surface area (Å²) in [6, 6.07) is 3.26. The van der Waals surface area contributed by atoms with Gasteiger partial charge in [0.1, 0.15) is 5.69 Å². The van der Waals surface area contributed by atoms with Crippen molar-refractivity contribution >= 4 is 22.6 Å². The Balaban J connectivity index is 1.44. The number of rotatable bonds is 3. The van der Waals surface area contributed by atoms with Crippen LogP contribution in [0.4, 0.5) is 23.7 Å². The van der Waals surface area contributed by atoms with E-state index in [0.717, 1.165) is 27.7 Å². The number of aromatic amines is 1. The molecule has 0 spiro atoms. The summed E-state index contributed by atoms with van der Waals surface area (Å²) in [6.45, 7) is 1.79. The SMILES string of the molecule is CC1CN(CC(F)(F)F)CC1N1Cc2cc3c(-c4cnn(C)c4)n[nH]c3cc2NC1=O. The number of hydrogen-bond acceptors (Lipinski definition) is 4. The van der Waals surface area contributed by atoms with Crippen LogP contribution in [0, 0.1) is 5.92 Å². The number of carbonyl (C=O) groups excluding carboxylic acids is 1. The van der Waals surface area contributed by atoms with Crippen molar-refractivity contribution in [1.82, 2.24) is 29.8 Å². The number of carbonyl (C=O) groups is 1. The lowest BCUT2D eigenvalue weighted by molar-refractivity contribution is -0.144. The maximum Gasteiger partial charge on any atom is 0.401 e. The van der Waals surface area contributed by atoms with Gasteiger partial charge in [-0.1, -0.05) is 6.92 Å². The zero-order valence-corrected chi connectivity index (χ0v) is 17.1. The number of fused-ring (bicyclic) bond motifs is 2. The Bertz CT molecular complexity index is 1150. The number of aromatic nitrogens is 4. The van der Waals surface area contributed by atoms with Gasteiger partial charge in [-0.25, -0.2) is 4.79 Å². The first-order valence-corrected chi connectivity index (χ1v) is 10.0. The Morgan fingerprint density at radius 3 is 2.77 bits per heavy atom. The third-order valence-corrected chi connectivity index (χ3v) is 6.06. The Labute approximate surface area is 176 Å². The van der Waals surface area contributed by atoms with Crippen LogP contribution in [0.15, 0.2) is 24.5 Å². The number of urea groups is 1. The summed E-state index contributed by atoms with van der Waals surface area (Å²) in [5, 5.41) is 15.4. The van der Waals surface area contributed by atoms with Gasteiger partial charge in [-0.15, -0.1) is 0 Å². The second-order valence-corrected chi connectivity index (χ2v) is 8.44. The van der Waals surface area contributed by atoms with Crippen LogP contribution in [0.1, 0.15) is 12.5 Å². The van der Waals surface area contributed by atoms with Gasteiger partial charge < -0.3 is 10.2 Å². The lowest BCUT2D eigenvalue weighted by atomic mass is 10.0. The highest BCUT2D eigenvalue weighted by Crippen LogP contribution is 2.35. The number of halogens is 3. The van der Waals surface area contributed by atoms with Crippen LogP contribution >= 0.6 is 0 Å². The molecule has 5 rings (SSSR count).